The molecule has 5 nitrogen and oxygen atoms in total. The maximum Gasteiger partial charge on any atom is 0.238 e. The first-order valence-electron chi connectivity index (χ1n) is 9.18. The monoisotopic (exact) mass is 381 g/mol. The fraction of sp³-hybridized carbons (Fsp3) is 0.333. The Kier molecular flexibility index (Phi) is 5.09. The number of amides is 1. The standard InChI is InChI=1S/C21H23N3O2S/c1-14-9-10-18(26-2)16(12-14)22-20(25)13-24-11-5-7-17(24)21-23-15-6-3-4-8-19(15)27-21/h3-4,6,8-10,12,17H,5,7,11,13H2,1-2H3,(H,22,25)/t17-/m0/s1. The van der Waals surface area contributed by atoms with Crippen molar-refractivity contribution >= 4 is 33.1 Å². The van der Waals surface area contributed by atoms with Gasteiger partial charge in [-0.05, 0) is 56.1 Å². The first-order valence-corrected chi connectivity index (χ1v) is 9.99. The van der Waals surface area contributed by atoms with Gasteiger partial charge in [0.05, 0.1) is 35.6 Å². The number of aryl methyl sites for hydroxylation is 1. The number of aromatic nitrogens is 1. The summed E-state index contributed by atoms with van der Waals surface area (Å²) in [7, 11) is 1.62. The average molecular weight is 382 g/mol. The third-order valence-corrected chi connectivity index (χ3v) is 6.07. The summed E-state index contributed by atoms with van der Waals surface area (Å²) in [6, 6.07) is 14.2. The molecule has 0 radical (unpaired) electrons. The summed E-state index contributed by atoms with van der Waals surface area (Å²) in [6.45, 7) is 3.27. The molecular weight excluding hydrogens is 358 g/mol. The molecule has 1 aliphatic heterocycles. The molecule has 2 heterocycles. The molecule has 1 aromatic heterocycles. The molecule has 0 aliphatic carbocycles. The van der Waals surface area contributed by atoms with Crippen molar-refractivity contribution in [1.29, 1.82) is 0 Å². The number of nitrogens with one attached hydrogen (secondary N) is 1. The van der Waals surface area contributed by atoms with E-state index in [2.05, 4.69) is 16.3 Å². The zero-order valence-electron chi connectivity index (χ0n) is 15.6. The Labute approximate surface area is 163 Å². The van der Waals surface area contributed by atoms with Gasteiger partial charge in [-0.2, -0.15) is 0 Å². The molecule has 0 saturated carbocycles. The van der Waals surface area contributed by atoms with Crippen LogP contribution >= 0.6 is 11.3 Å². The zero-order valence-corrected chi connectivity index (χ0v) is 16.4. The molecule has 1 saturated heterocycles. The van der Waals surface area contributed by atoms with Crippen LogP contribution in [0.15, 0.2) is 42.5 Å². The third kappa shape index (κ3) is 3.82. The highest BCUT2D eigenvalue weighted by atomic mass is 32.1. The van der Waals surface area contributed by atoms with Crippen LogP contribution in [0.1, 0.15) is 29.5 Å². The number of hydrogen-bond acceptors (Lipinski definition) is 5. The van der Waals surface area contributed by atoms with E-state index in [1.54, 1.807) is 18.4 Å². The molecule has 1 amide bonds. The van der Waals surface area contributed by atoms with Crippen LogP contribution in [0.3, 0.4) is 0 Å². The van der Waals surface area contributed by atoms with Gasteiger partial charge in [0.15, 0.2) is 0 Å². The lowest BCUT2D eigenvalue weighted by molar-refractivity contribution is -0.117. The normalized spacial score (nSPS) is 17.3. The molecule has 1 aliphatic rings. The molecule has 0 bridgehead atoms. The summed E-state index contributed by atoms with van der Waals surface area (Å²) in [4.78, 5) is 19.7. The summed E-state index contributed by atoms with van der Waals surface area (Å²) in [5, 5.41) is 4.11. The van der Waals surface area contributed by atoms with E-state index in [1.165, 1.54) is 4.70 Å². The zero-order chi connectivity index (χ0) is 18.8. The Morgan fingerprint density at radius 1 is 1.33 bits per heavy atom. The van der Waals surface area contributed by atoms with Gasteiger partial charge >= 0.3 is 0 Å². The molecule has 0 unspecified atom stereocenters. The van der Waals surface area contributed by atoms with Gasteiger partial charge in [0.25, 0.3) is 0 Å². The number of benzene rings is 2. The number of thiazole rings is 1. The summed E-state index contributed by atoms with van der Waals surface area (Å²) >= 11 is 1.73. The minimum Gasteiger partial charge on any atom is -0.495 e. The molecular formula is C21H23N3O2S. The largest absolute Gasteiger partial charge is 0.495 e. The highest BCUT2D eigenvalue weighted by Gasteiger charge is 2.30. The van der Waals surface area contributed by atoms with E-state index in [1.807, 2.05) is 43.3 Å². The number of anilines is 1. The summed E-state index contributed by atoms with van der Waals surface area (Å²) < 4.78 is 6.56. The number of carbonyl (C=O) groups is 1. The van der Waals surface area contributed by atoms with Crippen molar-refractivity contribution in [2.24, 2.45) is 0 Å². The number of nitrogens with zero attached hydrogens (tertiary/aromatic N) is 2. The number of para-hydroxylation sites is 1. The van der Waals surface area contributed by atoms with Crippen molar-refractivity contribution in [2.45, 2.75) is 25.8 Å². The average Bonchev–Trinajstić information content (AvgIpc) is 3.28. The van der Waals surface area contributed by atoms with Crippen molar-refractivity contribution in [2.75, 3.05) is 25.5 Å². The van der Waals surface area contributed by atoms with E-state index in [-0.39, 0.29) is 11.9 Å². The quantitative estimate of drug-likeness (QED) is 0.712. The van der Waals surface area contributed by atoms with Crippen LogP contribution in [0.4, 0.5) is 5.69 Å². The maximum absolute atomic E-state index is 12.7. The van der Waals surface area contributed by atoms with Gasteiger partial charge in [0, 0.05) is 0 Å². The molecule has 4 rings (SSSR count). The molecule has 3 aromatic rings. The molecule has 2 aromatic carbocycles. The predicted molar refractivity (Wildman–Crippen MR) is 110 cm³/mol. The van der Waals surface area contributed by atoms with Gasteiger partial charge in [-0.3, -0.25) is 9.69 Å². The van der Waals surface area contributed by atoms with Crippen LogP contribution in [0, 0.1) is 6.92 Å². The van der Waals surface area contributed by atoms with Crippen molar-refractivity contribution in [3.63, 3.8) is 0 Å². The number of ether oxygens (including phenoxy) is 1. The smallest absolute Gasteiger partial charge is 0.238 e. The SMILES string of the molecule is COc1ccc(C)cc1NC(=O)CN1CCC[C@H]1c1nc2ccccc2s1. The van der Waals surface area contributed by atoms with E-state index >= 15 is 0 Å². The van der Waals surface area contributed by atoms with Gasteiger partial charge in [-0.1, -0.05) is 18.2 Å². The fourth-order valence-electron chi connectivity index (χ4n) is 3.62. The van der Waals surface area contributed by atoms with Gasteiger partial charge in [0.2, 0.25) is 5.91 Å². The van der Waals surface area contributed by atoms with Crippen molar-refractivity contribution < 1.29 is 9.53 Å². The minimum absolute atomic E-state index is 0.0214. The second-order valence-electron chi connectivity index (χ2n) is 6.90. The van der Waals surface area contributed by atoms with Crippen molar-refractivity contribution in [3.05, 3.63) is 53.0 Å². The Morgan fingerprint density at radius 2 is 2.19 bits per heavy atom. The van der Waals surface area contributed by atoms with Crippen LogP contribution in [0.2, 0.25) is 0 Å². The summed E-state index contributed by atoms with van der Waals surface area (Å²) in [5.41, 5.74) is 2.84. The number of methoxy groups -OCH3 is 1. The third-order valence-electron chi connectivity index (χ3n) is 4.93. The molecule has 140 valence electrons. The topological polar surface area (TPSA) is 54.5 Å². The number of rotatable bonds is 5. The van der Waals surface area contributed by atoms with Gasteiger partial charge < -0.3 is 10.1 Å². The predicted octanol–water partition coefficient (Wildman–Crippen LogP) is 4.39. The minimum atomic E-state index is -0.0214. The molecule has 1 fully saturated rings. The number of fused-ring (bicyclic) bond motifs is 1. The first-order chi connectivity index (χ1) is 13.1. The summed E-state index contributed by atoms with van der Waals surface area (Å²) in [6.07, 6.45) is 2.13. The Morgan fingerprint density at radius 3 is 3.00 bits per heavy atom. The van der Waals surface area contributed by atoms with Crippen molar-refractivity contribution in [1.82, 2.24) is 9.88 Å². The van der Waals surface area contributed by atoms with E-state index < -0.39 is 0 Å². The maximum atomic E-state index is 12.7. The number of likely N-dealkylation sites (tertiary alicyclic amines) is 1. The molecule has 1 N–H and O–H groups in total. The second kappa shape index (κ2) is 7.66. The van der Waals surface area contributed by atoms with Crippen LogP contribution in [-0.4, -0.2) is 36.0 Å². The molecule has 27 heavy (non-hydrogen) atoms. The summed E-state index contributed by atoms with van der Waals surface area (Å²) in [5.74, 6) is 0.657. The Balaban J connectivity index is 1.48. The Bertz CT molecular complexity index is 936. The van der Waals surface area contributed by atoms with Crippen LogP contribution in [0.5, 0.6) is 5.75 Å². The van der Waals surface area contributed by atoms with E-state index in [4.69, 9.17) is 9.72 Å². The Hall–Kier alpha value is -2.44. The fourth-order valence-corrected chi connectivity index (χ4v) is 4.76. The molecule has 6 heteroatoms. The van der Waals surface area contributed by atoms with Gasteiger partial charge in [-0.25, -0.2) is 4.98 Å². The lowest BCUT2D eigenvalue weighted by atomic mass is 10.2. The van der Waals surface area contributed by atoms with E-state index in [0.717, 1.165) is 41.2 Å². The van der Waals surface area contributed by atoms with Crippen LogP contribution < -0.4 is 10.1 Å². The highest BCUT2D eigenvalue weighted by Crippen LogP contribution is 2.36. The number of hydrogen-bond donors (Lipinski definition) is 1. The number of carbonyl (C=O) groups excluding carboxylic acids is 1. The lowest BCUT2D eigenvalue weighted by Gasteiger charge is -2.22. The molecule has 0 spiro atoms. The van der Waals surface area contributed by atoms with Crippen LogP contribution in [-0.2, 0) is 4.79 Å². The second-order valence-corrected chi connectivity index (χ2v) is 7.96. The first kappa shape index (κ1) is 17.9. The lowest BCUT2D eigenvalue weighted by Crippen LogP contribution is -2.33. The van der Waals surface area contributed by atoms with Gasteiger partial charge in [0.1, 0.15) is 10.8 Å². The van der Waals surface area contributed by atoms with E-state index in [0.29, 0.717) is 12.3 Å². The molecule has 1 atom stereocenters. The van der Waals surface area contributed by atoms with Crippen LogP contribution in [0.25, 0.3) is 10.2 Å². The highest BCUT2D eigenvalue weighted by molar-refractivity contribution is 7.18. The van der Waals surface area contributed by atoms with E-state index in [9.17, 15) is 4.79 Å². The van der Waals surface area contributed by atoms with Gasteiger partial charge in [-0.15, -0.1) is 11.3 Å². The van der Waals surface area contributed by atoms with Crippen molar-refractivity contribution in [3.8, 4) is 5.75 Å².